The van der Waals surface area contributed by atoms with Gasteiger partial charge in [-0.3, -0.25) is 0 Å². The highest BCUT2D eigenvalue weighted by Crippen LogP contribution is 2.22. The summed E-state index contributed by atoms with van der Waals surface area (Å²) in [6.07, 6.45) is 2.33. The molecule has 0 heterocycles. The Labute approximate surface area is 125 Å². The maximum atomic E-state index is 12.7. The van der Waals surface area contributed by atoms with Gasteiger partial charge in [0.1, 0.15) is 6.11 Å². The van der Waals surface area contributed by atoms with Gasteiger partial charge in [0.05, 0.1) is 23.7 Å². The van der Waals surface area contributed by atoms with E-state index in [4.69, 9.17) is 0 Å². The molecule has 0 N–H and O–H groups in total. The first-order valence-corrected chi connectivity index (χ1v) is 7.70. The molecule has 0 fully saturated rings. The van der Waals surface area contributed by atoms with E-state index in [1.807, 2.05) is 13.0 Å². The van der Waals surface area contributed by atoms with E-state index >= 15 is 0 Å². The summed E-state index contributed by atoms with van der Waals surface area (Å²) in [5, 5.41) is 0. The van der Waals surface area contributed by atoms with Gasteiger partial charge in [0.25, 0.3) is 10.0 Å². The van der Waals surface area contributed by atoms with E-state index < -0.39 is 10.0 Å². The Morgan fingerprint density at radius 2 is 1.62 bits per heavy atom. The highest BCUT2D eigenvalue weighted by atomic mass is 32.2. The van der Waals surface area contributed by atoms with Gasteiger partial charge in [-0.2, -0.15) is 4.31 Å². The molecule has 0 aliphatic carbocycles. The van der Waals surface area contributed by atoms with Crippen molar-refractivity contribution in [2.75, 3.05) is 11.4 Å². The van der Waals surface area contributed by atoms with Crippen molar-refractivity contribution in [1.82, 2.24) is 0 Å². The molecule has 0 saturated carbocycles. The van der Waals surface area contributed by atoms with Crippen molar-refractivity contribution in [1.29, 1.82) is 0 Å². The van der Waals surface area contributed by atoms with Crippen LogP contribution < -0.4 is 4.31 Å². The van der Waals surface area contributed by atoms with E-state index in [-0.39, 0.29) is 4.90 Å². The molecular weight excluding hydrogens is 286 g/mol. The molecule has 0 bridgehead atoms. The quantitative estimate of drug-likeness (QED) is 0.647. The number of hydrogen-bond acceptors (Lipinski definition) is 3. The summed E-state index contributed by atoms with van der Waals surface area (Å²) in [7, 11) is -2.38. The lowest BCUT2D eigenvalue weighted by molar-refractivity contribution is 0.372. The fourth-order valence-corrected chi connectivity index (χ4v) is 2.98. The van der Waals surface area contributed by atoms with Crippen LogP contribution in [0.5, 0.6) is 0 Å². The van der Waals surface area contributed by atoms with Crippen LogP contribution in [-0.4, -0.2) is 15.5 Å². The number of ether oxygens (including phenoxy) is 1. The second-order valence-corrected chi connectivity index (χ2v) is 6.12. The molecule has 0 aromatic heterocycles. The summed E-state index contributed by atoms with van der Waals surface area (Å²) in [4.78, 5) is 0.183. The smallest absolute Gasteiger partial charge is 0.275 e. The maximum Gasteiger partial charge on any atom is 0.275 e. The zero-order valence-electron chi connectivity index (χ0n) is 11.8. The first kappa shape index (κ1) is 14.9. The van der Waals surface area contributed by atoms with Gasteiger partial charge in [0.15, 0.2) is 0 Å². The second kappa shape index (κ2) is 6.33. The van der Waals surface area contributed by atoms with Gasteiger partial charge < -0.3 is 4.74 Å². The van der Waals surface area contributed by atoms with Crippen molar-refractivity contribution in [2.24, 2.45) is 0 Å². The van der Waals surface area contributed by atoms with Crippen LogP contribution >= 0.6 is 0 Å². The normalized spacial score (nSPS) is 10.4. The SMILES string of the molecule is COC#CN(c1ccccc1)S(=O)(=O)c1ccc(C)cc1. The minimum absolute atomic E-state index is 0.183. The molecule has 108 valence electrons. The highest BCUT2D eigenvalue weighted by molar-refractivity contribution is 7.93. The Hall–Kier alpha value is -2.45. The first-order chi connectivity index (χ1) is 10.1. The number of benzene rings is 2. The molecule has 0 unspecified atom stereocenters. The summed E-state index contributed by atoms with van der Waals surface area (Å²) in [5.74, 6) is 0. The van der Waals surface area contributed by atoms with Crippen LogP contribution in [0.3, 0.4) is 0 Å². The Balaban J connectivity index is 2.52. The Bertz CT molecular complexity index is 757. The fourth-order valence-electron chi connectivity index (χ4n) is 1.73. The Morgan fingerprint density at radius 1 is 1.00 bits per heavy atom. The van der Waals surface area contributed by atoms with Crippen LogP contribution in [0.4, 0.5) is 5.69 Å². The van der Waals surface area contributed by atoms with Crippen molar-refractivity contribution in [3.63, 3.8) is 0 Å². The van der Waals surface area contributed by atoms with Gasteiger partial charge >= 0.3 is 0 Å². The molecule has 2 rings (SSSR count). The first-order valence-electron chi connectivity index (χ1n) is 6.26. The van der Waals surface area contributed by atoms with Crippen LogP contribution in [0.15, 0.2) is 59.5 Å². The summed E-state index contributed by atoms with van der Waals surface area (Å²) in [6, 6.07) is 17.8. The number of hydrogen-bond donors (Lipinski definition) is 0. The van der Waals surface area contributed by atoms with Crippen LogP contribution in [-0.2, 0) is 14.8 Å². The molecule has 0 saturated heterocycles. The van der Waals surface area contributed by atoms with Gasteiger partial charge in [0, 0.05) is 0 Å². The lowest BCUT2D eigenvalue weighted by Gasteiger charge is -2.17. The molecule has 0 aliphatic heterocycles. The number of para-hydroxylation sites is 1. The summed E-state index contributed by atoms with van der Waals surface area (Å²) in [5.41, 5.74) is 1.45. The molecule has 0 atom stereocenters. The average molecular weight is 301 g/mol. The third-order valence-corrected chi connectivity index (χ3v) is 4.45. The second-order valence-electron chi connectivity index (χ2n) is 4.34. The van der Waals surface area contributed by atoms with Gasteiger partial charge in [0.2, 0.25) is 0 Å². The van der Waals surface area contributed by atoms with E-state index in [0.29, 0.717) is 5.69 Å². The van der Waals surface area contributed by atoms with Crippen LogP contribution in [0.1, 0.15) is 5.56 Å². The average Bonchev–Trinajstić information content (AvgIpc) is 2.49. The van der Waals surface area contributed by atoms with Crippen molar-refractivity contribution in [3.8, 4) is 12.2 Å². The number of sulfonamides is 1. The molecule has 2 aromatic carbocycles. The molecule has 0 amide bonds. The molecule has 21 heavy (non-hydrogen) atoms. The van der Waals surface area contributed by atoms with Crippen LogP contribution in [0.2, 0.25) is 0 Å². The van der Waals surface area contributed by atoms with Crippen LogP contribution in [0.25, 0.3) is 0 Å². The van der Waals surface area contributed by atoms with Crippen molar-refractivity contribution in [3.05, 3.63) is 60.2 Å². The van der Waals surface area contributed by atoms with E-state index in [9.17, 15) is 8.42 Å². The largest absolute Gasteiger partial charge is 0.449 e. The third kappa shape index (κ3) is 3.36. The van der Waals surface area contributed by atoms with Crippen molar-refractivity contribution < 1.29 is 13.2 Å². The van der Waals surface area contributed by atoms with Crippen molar-refractivity contribution in [2.45, 2.75) is 11.8 Å². The van der Waals surface area contributed by atoms with E-state index in [1.165, 1.54) is 7.11 Å². The predicted octanol–water partition coefficient (Wildman–Crippen LogP) is 2.76. The summed E-state index contributed by atoms with van der Waals surface area (Å²) < 4.78 is 31.1. The third-order valence-electron chi connectivity index (χ3n) is 2.80. The lowest BCUT2D eigenvalue weighted by atomic mass is 10.2. The molecule has 4 nitrogen and oxygen atoms in total. The van der Waals surface area contributed by atoms with E-state index in [2.05, 4.69) is 16.9 Å². The molecule has 5 heteroatoms. The van der Waals surface area contributed by atoms with Gasteiger partial charge in [-0.05, 0) is 31.2 Å². The number of methoxy groups -OCH3 is 1. The number of rotatable bonds is 3. The maximum absolute atomic E-state index is 12.7. The van der Waals surface area contributed by atoms with Gasteiger partial charge in [-0.25, -0.2) is 8.42 Å². The van der Waals surface area contributed by atoms with E-state index in [1.54, 1.807) is 48.5 Å². The summed E-state index contributed by atoms with van der Waals surface area (Å²) >= 11 is 0. The topological polar surface area (TPSA) is 46.6 Å². The Kier molecular flexibility index (Phi) is 4.51. The Morgan fingerprint density at radius 3 is 2.19 bits per heavy atom. The minimum atomic E-state index is -3.76. The fraction of sp³-hybridized carbons (Fsp3) is 0.125. The summed E-state index contributed by atoms with van der Waals surface area (Å²) in [6.45, 7) is 1.90. The van der Waals surface area contributed by atoms with Crippen molar-refractivity contribution >= 4 is 15.7 Å². The minimum Gasteiger partial charge on any atom is -0.449 e. The predicted molar refractivity (Wildman–Crippen MR) is 82.1 cm³/mol. The monoisotopic (exact) mass is 301 g/mol. The molecule has 2 aromatic rings. The van der Waals surface area contributed by atoms with Gasteiger partial charge in [-0.1, -0.05) is 35.9 Å². The van der Waals surface area contributed by atoms with E-state index in [0.717, 1.165) is 9.87 Å². The number of aryl methyl sites for hydroxylation is 1. The lowest BCUT2D eigenvalue weighted by Crippen LogP contribution is -2.26. The number of nitrogens with zero attached hydrogens (tertiary/aromatic N) is 1. The zero-order chi connectivity index (χ0) is 15.3. The van der Waals surface area contributed by atoms with Gasteiger partial charge in [-0.15, -0.1) is 0 Å². The molecule has 0 aliphatic rings. The molecule has 0 radical (unpaired) electrons. The highest BCUT2D eigenvalue weighted by Gasteiger charge is 2.23. The molecule has 0 spiro atoms. The standard InChI is InChI=1S/C16H15NO3S/c1-14-8-10-16(11-9-14)21(18,19)17(12-13-20-2)15-6-4-3-5-7-15/h3-11H,1-2H3. The number of anilines is 1. The molecular formula is C16H15NO3S. The zero-order valence-corrected chi connectivity index (χ0v) is 12.6. The van der Waals surface area contributed by atoms with Crippen LogP contribution in [0, 0.1) is 19.1 Å².